The Hall–Kier alpha value is -3.00. The molecule has 0 fully saturated rings. The van der Waals surface area contributed by atoms with Gasteiger partial charge >= 0.3 is 5.97 Å². The molecule has 2 N–H and O–H groups in total. The Morgan fingerprint density at radius 1 is 1.04 bits per heavy atom. The molecule has 0 atom stereocenters. The summed E-state index contributed by atoms with van der Waals surface area (Å²) < 4.78 is 30.8. The first-order valence-electron chi connectivity index (χ1n) is 7.29. The lowest BCUT2D eigenvalue weighted by molar-refractivity contribution is -0.146. The van der Waals surface area contributed by atoms with Crippen LogP contribution in [0.15, 0.2) is 42.5 Å². The van der Waals surface area contributed by atoms with Crippen LogP contribution in [0.25, 0.3) is 0 Å². The molecule has 0 unspecified atom stereocenters. The second kappa shape index (κ2) is 8.91. The standard InChI is InChI=1S/C17H13ClF2N2O4/c18-11-3-1-10(2-4-11)17(25)21-8-16(24)26-9-15(23)22-14-6-5-12(19)7-13(14)20/h1-7H,8-9H2,(H,21,25)(H,22,23). The van der Waals surface area contributed by atoms with Gasteiger partial charge in [-0.25, -0.2) is 8.78 Å². The molecule has 0 bridgehead atoms. The largest absolute Gasteiger partial charge is 0.454 e. The SMILES string of the molecule is O=C(COC(=O)CNC(=O)c1ccc(Cl)cc1)Nc1ccc(F)cc1F. The molecule has 26 heavy (non-hydrogen) atoms. The fraction of sp³-hybridized carbons (Fsp3) is 0.118. The number of rotatable bonds is 6. The summed E-state index contributed by atoms with van der Waals surface area (Å²) in [6.07, 6.45) is 0. The number of nitrogens with one attached hydrogen (secondary N) is 2. The highest BCUT2D eigenvalue weighted by atomic mass is 35.5. The number of esters is 1. The lowest BCUT2D eigenvalue weighted by Crippen LogP contribution is -2.32. The van der Waals surface area contributed by atoms with Crippen LogP contribution in [0.1, 0.15) is 10.4 Å². The van der Waals surface area contributed by atoms with E-state index in [9.17, 15) is 23.2 Å². The summed E-state index contributed by atoms with van der Waals surface area (Å²) in [5.41, 5.74) is 0.0511. The van der Waals surface area contributed by atoms with E-state index in [0.29, 0.717) is 16.7 Å². The third kappa shape index (κ3) is 5.82. The highest BCUT2D eigenvalue weighted by Crippen LogP contribution is 2.14. The van der Waals surface area contributed by atoms with E-state index >= 15 is 0 Å². The molecule has 0 aliphatic carbocycles. The number of hydrogen-bond acceptors (Lipinski definition) is 4. The van der Waals surface area contributed by atoms with Crippen molar-refractivity contribution >= 4 is 35.1 Å². The van der Waals surface area contributed by atoms with Crippen LogP contribution in [0.5, 0.6) is 0 Å². The number of hydrogen-bond donors (Lipinski definition) is 2. The van der Waals surface area contributed by atoms with Crippen LogP contribution in [0.2, 0.25) is 5.02 Å². The summed E-state index contributed by atoms with van der Waals surface area (Å²) in [7, 11) is 0. The highest BCUT2D eigenvalue weighted by molar-refractivity contribution is 6.30. The van der Waals surface area contributed by atoms with Gasteiger partial charge in [0.1, 0.15) is 18.2 Å². The Balaban J connectivity index is 1.74. The van der Waals surface area contributed by atoms with E-state index in [1.54, 1.807) is 0 Å². The van der Waals surface area contributed by atoms with E-state index in [2.05, 4.69) is 15.4 Å². The van der Waals surface area contributed by atoms with Gasteiger partial charge in [-0.3, -0.25) is 14.4 Å². The Labute approximate surface area is 152 Å². The lowest BCUT2D eigenvalue weighted by atomic mass is 10.2. The van der Waals surface area contributed by atoms with Crippen molar-refractivity contribution in [1.29, 1.82) is 0 Å². The van der Waals surface area contributed by atoms with Crippen molar-refractivity contribution in [3.63, 3.8) is 0 Å². The van der Waals surface area contributed by atoms with Crippen molar-refractivity contribution in [3.8, 4) is 0 Å². The van der Waals surface area contributed by atoms with Crippen LogP contribution in [0.4, 0.5) is 14.5 Å². The molecule has 0 heterocycles. The molecule has 2 amide bonds. The molecule has 0 saturated carbocycles. The van der Waals surface area contributed by atoms with Crippen LogP contribution >= 0.6 is 11.6 Å². The van der Waals surface area contributed by atoms with Gasteiger partial charge in [0, 0.05) is 16.7 Å². The minimum absolute atomic E-state index is 0.247. The zero-order valence-electron chi connectivity index (χ0n) is 13.2. The average molecular weight is 383 g/mol. The third-order valence-corrected chi connectivity index (χ3v) is 3.32. The second-order valence-corrected chi connectivity index (χ2v) is 5.46. The molecule has 0 aliphatic heterocycles. The first-order chi connectivity index (χ1) is 12.3. The van der Waals surface area contributed by atoms with E-state index < -0.39 is 42.6 Å². The molecule has 136 valence electrons. The smallest absolute Gasteiger partial charge is 0.325 e. The molecule has 0 radical (unpaired) electrons. The maximum Gasteiger partial charge on any atom is 0.325 e. The van der Waals surface area contributed by atoms with Gasteiger partial charge in [0.15, 0.2) is 6.61 Å². The molecule has 6 nitrogen and oxygen atoms in total. The number of anilines is 1. The fourth-order valence-electron chi connectivity index (χ4n) is 1.83. The van der Waals surface area contributed by atoms with Crippen molar-refractivity contribution in [3.05, 3.63) is 64.7 Å². The number of halogens is 3. The molecular formula is C17H13ClF2N2O4. The zero-order valence-corrected chi connectivity index (χ0v) is 14.0. The van der Waals surface area contributed by atoms with Crippen molar-refractivity contribution in [2.75, 3.05) is 18.5 Å². The summed E-state index contributed by atoms with van der Waals surface area (Å²) in [4.78, 5) is 34.9. The van der Waals surface area contributed by atoms with Gasteiger partial charge in [0.25, 0.3) is 11.8 Å². The average Bonchev–Trinajstić information content (AvgIpc) is 2.61. The Bertz CT molecular complexity index is 828. The highest BCUT2D eigenvalue weighted by Gasteiger charge is 2.12. The molecule has 0 saturated heterocycles. The summed E-state index contributed by atoms with van der Waals surface area (Å²) in [5.74, 6) is -3.94. The molecule has 2 rings (SSSR count). The van der Waals surface area contributed by atoms with Crippen LogP contribution in [-0.4, -0.2) is 30.9 Å². The van der Waals surface area contributed by atoms with E-state index in [1.807, 2.05) is 0 Å². The van der Waals surface area contributed by atoms with Crippen LogP contribution in [0.3, 0.4) is 0 Å². The van der Waals surface area contributed by atoms with Gasteiger partial charge in [-0.15, -0.1) is 0 Å². The monoisotopic (exact) mass is 382 g/mol. The van der Waals surface area contributed by atoms with Gasteiger partial charge < -0.3 is 15.4 Å². The van der Waals surface area contributed by atoms with Gasteiger partial charge in [-0.1, -0.05) is 11.6 Å². The van der Waals surface area contributed by atoms with Crippen LogP contribution in [-0.2, 0) is 14.3 Å². The van der Waals surface area contributed by atoms with Crippen LogP contribution in [0, 0.1) is 11.6 Å². The maximum atomic E-state index is 13.4. The lowest BCUT2D eigenvalue weighted by Gasteiger charge is -2.08. The molecule has 0 spiro atoms. The van der Waals surface area contributed by atoms with Crippen molar-refractivity contribution in [2.24, 2.45) is 0 Å². The van der Waals surface area contributed by atoms with E-state index in [4.69, 9.17) is 11.6 Å². The zero-order chi connectivity index (χ0) is 19.1. The Morgan fingerprint density at radius 3 is 2.38 bits per heavy atom. The Kier molecular flexibility index (Phi) is 6.62. The minimum Gasteiger partial charge on any atom is -0.454 e. The topological polar surface area (TPSA) is 84.5 Å². The quantitative estimate of drug-likeness (QED) is 0.752. The molecule has 2 aromatic carbocycles. The van der Waals surface area contributed by atoms with Crippen molar-refractivity contribution in [2.45, 2.75) is 0 Å². The summed E-state index contributed by atoms with van der Waals surface area (Å²) >= 11 is 5.70. The number of ether oxygens (including phenoxy) is 1. The van der Waals surface area contributed by atoms with E-state index in [-0.39, 0.29) is 5.69 Å². The predicted molar refractivity (Wildman–Crippen MR) is 89.7 cm³/mol. The molecule has 0 aliphatic rings. The fourth-order valence-corrected chi connectivity index (χ4v) is 1.96. The Morgan fingerprint density at radius 2 is 1.73 bits per heavy atom. The predicted octanol–water partition coefficient (Wildman–Crippen LogP) is 2.53. The number of amides is 2. The summed E-state index contributed by atoms with van der Waals surface area (Å²) in [6.45, 7) is -1.15. The summed E-state index contributed by atoms with van der Waals surface area (Å²) in [5, 5.41) is 4.91. The van der Waals surface area contributed by atoms with Gasteiger partial charge in [-0.2, -0.15) is 0 Å². The van der Waals surface area contributed by atoms with Gasteiger partial charge in [-0.05, 0) is 36.4 Å². The molecule has 2 aromatic rings. The molecule has 9 heteroatoms. The minimum atomic E-state index is -0.958. The first kappa shape index (κ1) is 19.3. The molecular weight excluding hydrogens is 370 g/mol. The number of benzene rings is 2. The molecule has 0 aromatic heterocycles. The van der Waals surface area contributed by atoms with Gasteiger partial charge in [0.2, 0.25) is 0 Å². The number of carbonyl (C=O) groups is 3. The van der Waals surface area contributed by atoms with Crippen molar-refractivity contribution in [1.82, 2.24) is 5.32 Å². The summed E-state index contributed by atoms with van der Waals surface area (Å²) in [6, 6.07) is 8.62. The van der Waals surface area contributed by atoms with Crippen LogP contribution < -0.4 is 10.6 Å². The van der Waals surface area contributed by atoms with E-state index in [0.717, 1.165) is 12.1 Å². The first-order valence-corrected chi connectivity index (χ1v) is 7.67. The second-order valence-electron chi connectivity index (χ2n) is 5.02. The van der Waals surface area contributed by atoms with E-state index in [1.165, 1.54) is 24.3 Å². The third-order valence-electron chi connectivity index (χ3n) is 3.07. The maximum absolute atomic E-state index is 13.4. The normalized spacial score (nSPS) is 10.1. The van der Waals surface area contributed by atoms with Crippen molar-refractivity contribution < 1.29 is 27.9 Å². The van der Waals surface area contributed by atoms with Gasteiger partial charge in [0.05, 0.1) is 5.69 Å². The number of carbonyl (C=O) groups excluding carboxylic acids is 3.